The van der Waals surface area contributed by atoms with Gasteiger partial charge in [-0.05, 0) is 87.9 Å². The average molecular weight is 421 g/mol. The van der Waals surface area contributed by atoms with Gasteiger partial charge >= 0.3 is 0 Å². The van der Waals surface area contributed by atoms with Gasteiger partial charge in [0, 0.05) is 0 Å². The van der Waals surface area contributed by atoms with Crippen molar-refractivity contribution in [2.45, 2.75) is 97.1 Å². The molecule has 0 amide bonds. The lowest BCUT2D eigenvalue weighted by atomic mass is 9.82. The summed E-state index contributed by atoms with van der Waals surface area (Å²) in [5.41, 5.74) is -0.0704. The molecule has 1 spiro atoms. The molecule has 0 aromatic carbocycles. The van der Waals surface area contributed by atoms with Crippen LogP contribution in [0.4, 0.5) is 0 Å². The smallest absolute Gasteiger partial charge is 0.154 e. The monoisotopic (exact) mass is 420 g/mol. The fourth-order valence-corrected chi connectivity index (χ4v) is 7.72. The molecule has 4 heteroatoms. The van der Waals surface area contributed by atoms with Gasteiger partial charge in [-0.15, -0.1) is 0 Å². The van der Waals surface area contributed by atoms with Gasteiger partial charge in [-0.2, -0.15) is 0 Å². The largest absolute Gasteiger partial charge is 0.352 e. The van der Waals surface area contributed by atoms with Crippen molar-refractivity contribution in [3.63, 3.8) is 0 Å². The van der Waals surface area contributed by atoms with E-state index in [0.29, 0.717) is 26.4 Å². The van der Waals surface area contributed by atoms with Gasteiger partial charge in [0.1, 0.15) is 0 Å². The van der Waals surface area contributed by atoms with Crippen molar-refractivity contribution in [3.05, 3.63) is 0 Å². The highest BCUT2D eigenvalue weighted by atomic mass is 16.7. The van der Waals surface area contributed by atoms with Gasteiger partial charge in [0.25, 0.3) is 0 Å². The van der Waals surface area contributed by atoms with Crippen molar-refractivity contribution in [1.29, 1.82) is 0 Å². The second-order valence-corrected chi connectivity index (χ2v) is 11.6. The van der Waals surface area contributed by atoms with Crippen LogP contribution >= 0.6 is 0 Å². The van der Waals surface area contributed by atoms with Crippen LogP contribution in [-0.2, 0) is 18.9 Å². The number of hydrogen-bond donors (Lipinski definition) is 0. The Bertz CT molecular complexity index is 492. The standard InChI is InChI=1S/C10H16.C9H16O4.C7H12/c1-2-9-7-4-5-8(6-7)10(9)3-1;1-7-10-3-9(4-11-7)5-12-8(2)13-6-9;1-2-7-4-3-6(1)5-7/h7-10H,1-6H2;7-8H,3-6H2,1-2H3;6-7H,1-5H2. The summed E-state index contributed by atoms with van der Waals surface area (Å²) in [5, 5.41) is 0. The average Bonchev–Trinajstić information content (AvgIpc) is 3.58. The molecule has 0 aromatic rings. The molecule has 0 aromatic heterocycles. The summed E-state index contributed by atoms with van der Waals surface area (Å²) < 4.78 is 21.7. The SMILES string of the molecule is C1CC2C3CCC(C3)C2C1.C1CC2CCC1C2.CC1OCC2(CO1)COC(C)OC2. The van der Waals surface area contributed by atoms with E-state index in [1.807, 2.05) is 13.8 Å². The van der Waals surface area contributed by atoms with E-state index in [0.717, 1.165) is 0 Å². The quantitative estimate of drug-likeness (QED) is 0.497. The Labute approximate surface area is 183 Å². The maximum atomic E-state index is 5.42. The van der Waals surface area contributed by atoms with Crippen molar-refractivity contribution in [2.75, 3.05) is 26.4 Å². The minimum Gasteiger partial charge on any atom is -0.352 e. The maximum Gasteiger partial charge on any atom is 0.154 e. The van der Waals surface area contributed by atoms with Crippen LogP contribution in [0.3, 0.4) is 0 Å². The van der Waals surface area contributed by atoms with Crippen LogP contribution in [0.25, 0.3) is 0 Å². The highest BCUT2D eigenvalue weighted by molar-refractivity contribution is 4.98. The molecule has 7 aliphatic rings. The van der Waals surface area contributed by atoms with E-state index in [1.165, 1.54) is 35.5 Å². The first-order valence-electron chi connectivity index (χ1n) is 13.1. The van der Waals surface area contributed by atoms with Crippen LogP contribution in [0, 0.1) is 40.9 Å². The molecular weight excluding hydrogens is 376 g/mol. The van der Waals surface area contributed by atoms with Gasteiger partial charge < -0.3 is 18.9 Å². The summed E-state index contributed by atoms with van der Waals surface area (Å²) in [5.74, 6) is 7.14. The van der Waals surface area contributed by atoms with Gasteiger partial charge in [0.05, 0.1) is 31.8 Å². The Hall–Kier alpha value is -0.160. The van der Waals surface area contributed by atoms with Gasteiger partial charge in [0.15, 0.2) is 12.6 Å². The highest BCUT2D eigenvalue weighted by Gasteiger charge is 2.48. The zero-order valence-corrected chi connectivity index (χ0v) is 19.4. The molecule has 7 fully saturated rings. The molecule has 2 saturated heterocycles. The molecule has 4 unspecified atom stereocenters. The van der Waals surface area contributed by atoms with Gasteiger partial charge in [-0.1, -0.05) is 32.1 Å². The molecule has 4 bridgehead atoms. The highest BCUT2D eigenvalue weighted by Crippen LogP contribution is 2.58. The predicted octanol–water partition coefficient (Wildman–Crippen LogP) is 5.79. The summed E-state index contributed by atoms with van der Waals surface area (Å²) in [7, 11) is 0. The molecular formula is C26H44O4. The van der Waals surface area contributed by atoms with Crippen molar-refractivity contribution in [1.82, 2.24) is 0 Å². The summed E-state index contributed by atoms with van der Waals surface area (Å²) in [6.07, 6.45) is 17.2. The van der Waals surface area contributed by atoms with Crippen LogP contribution in [0.5, 0.6) is 0 Å². The Morgan fingerprint density at radius 2 is 0.967 bits per heavy atom. The second-order valence-electron chi connectivity index (χ2n) is 11.6. The number of ether oxygens (including phenoxy) is 4. The minimum atomic E-state index is -0.0926. The molecule has 172 valence electrons. The van der Waals surface area contributed by atoms with E-state index < -0.39 is 0 Å². The summed E-state index contributed by atoms with van der Waals surface area (Å²) in [6.45, 7) is 6.48. The number of rotatable bonds is 0. The summed E-state index contributed by atoms with van der Waals surface area (Å²) in [6, 6.07) is 0. The molecule has 5 saturated carbocycles. The third-order valence-corrected chi connectivity index (χ3v) is 9.48. The zero-order valence-electron chi connectivity index (χ0n) is 19.4. The molecule has 2 aliphatic heterocycles. The Balaban J connectivity index is 0.000000100. The Morgan fingerprint density at radius 3 is 1.33 bits per heavy atom. The first-order valence-corrected chi connectivity index (χ1v) is 13.1. The lowest BCUT2D eigenvalue weighted by molar-refractivity contribution is -0.294. The van der Waals surface area contributed by atoms with E-state index in [2.05, 4.69) is 0 Å². The normalized spacial score (nSPS) is 50.6. The van der Waals surface area contributed by atoms with Crippen molar-refractivity contribution in [3.8, 4) is 0 Å². The molecule has 0 radical (unpaired) electrons. The fourth-order valence-electron chi connectivity index (χ4n) is 7.72. The lowest BCUT2D eigenvalue weighted by Crippen LogP contribution is -2.51. The topological polar surface area (TPSA) is 36.9 Å². The van der Waals surface area contributed by atoms with Crippen LogP contribution in [-0.4, -0.2) is 39.0 Å². The Morgan fingerprint density at radius 1 is 0.533 bits per heavy atom. The third-order valence-electron chi connectivity index (χ3n) is 9.48. The van der Waals surface area contributed by atoms with E-state index in [4.69, 9.17) is 18.9 Å². The molecule has 7 rings (SSSR count). The van der Waals surface area contributed by atoms with E-state index in [9.17, 15) is 0 Å². The molecule has 4 nitrogen and oxygen atoms in total. The number of fused-ring (bicyclic) bond motifs is 7. The molecule has 5 aliphatic carbocycles. The number of hydrogen-bond acceptors (Lipinski definition) is 4. The first-order chi connectivity index (χ1) is 14.6. The van der Waals surface area contributed by atoms with Crippen LogP contribution in [0.2, 0.25) is 0 Å². The maximum absolute atomic E-state index is 5.42. The van der Waals surface area contributed by atoms with E-state index in [1.54, 1.807) is 70.6 Å². The van der Waals surface area contributed by atoms with Crippen molar-refractivity contribution >= 4 is 0 Å². The predicted molar refractivity (Wildman–Crippen MR) is 117 cm³/mol. The van der Waals surface area contributed by atoms with E-state index in [-0.39, 0.29) is 18.0 Å². The molecule has 0 N–H and O–H groups in total. The third kappa shape index (κ3) is 4.77. The van der Waals surface area contributed by atoms with Crippen molar-refractivity contribution in [2.24, 2.45) is 40.9 Å². The molecule has 30 heavy (non-hydrogen) atoms. The van der Waals surface area contributed by atoms with Gasteiger partial charge in [-0.25, -0.2) is 0 Å². The van der Waals surface area contributed by atoms with Gasteiger partial charge in [-0.3, -0.25) is 0 Å². The summed E-state index contributed by atoms with van der Waals surface area (Å²) >= 11 is 0. The van der Waals surface area contributed by atoms with Crippen molar-refractivity contribution < 1.29 is 18.9 Å². The zero-order chi connectivity index (χ0) is 20.6. The molecule has 4 atom stereocenters. The van der Waals surface area contributed by atoms with Gasteiger partial charge in [0.2, 0.25) is 0 Å². The lowest BCUT2D eigenvalue weighted by Gasteiger charge is -2.42. The first kappa shape index (κ1) is 21.7. The van der Waals surface area contributed by atoms with Crippen LogP contribution < -0.4 is 0 Å². The van der Waals surface area contributed by atoms with Crippen LogP contribution in [0.1, 0.15) is 84.5 Å². The molecule has 2 heterocycles. The fraction of sp³-hybridized carbons (Fsp3) is 1.00. The van der Waals surface area contributed by atoms with Crippen LogP contribution in [0.15, 0.2) is 0 Å². The second kappa shape index (κ2) is 9.37. The summed E-state index contributed by atoms with van der Waals surface area (Å²) in [4.78, 5) is 0. The van der Waals surface area contributed by atoms with E-state index >= 15 is 0 Å². The Kier molecular flexibility index (Phi) is 6.77. The minimum absolute atomic E-state index is 0.0704.